The zero-order valence-electron chi connectivity index (χ0n) is 12.6. The fraction of sp³-hybridized carbons (Fsp3) is 0.278. The van der Waals surface area contributed by atoms with Crippen molar-refractivity contribution in [3.63, 3.8) is 0 Å². The van der Waals surface area contributed by atoms with Crippen molar-refractivity contribution in [2.75, 3.05) is 11.9 Å². The molecule has 1 atom stereocenters. The molecular formula is C18H20N2O2. The largest absolute Gasteiger partial charge is 0.372 e. The molecule has 3 rings (SSSR count). The van der Waals surface area contributed by atoms with Gasteiger partial charge in [-0.05, 0) is 36.1 Å². The minimum absolute atomic E-state index is 0.422. The first-order valence-corrected chi connectivity index (χ1v) is 7.52. The van der Waals surface area contributed by atoms with Gasteiger partial charge in [0.25, 0.3) is 5.91 Å². The van der Waals surface area contributed by atoms with Crippen molar-refractivity contribution in [2.24, 2.45) is 0 Å². The lowest BCUT2D eigenvalue weighted by atomic mass is 9.90. The van der Waals surface area contributed by atoms with E-state index in [2.05, 4.69) is 11.9 Å². The topological polar surface area (TPSA) is 52.6 Å². The molecule has 0 heterocycles. The third-order valence-corrected chi connectivity index (χ3v) is 4.23. The van der Waals surface area contributed by atoms with Crippen LogP contribution in [0.2, 0.25) is 0 Å². The number of carbonyl (C=O) groups is 1. The quantitative estimate of drug-likeness (QED) is 0.659. The summed E-state index contributed by atoms with van der Waals surface area (Å²) in [5.74, 6) is -0.930. The van der Waals surface area contributed by atoms with E-state index in [1.807, 2.05) is 54.6 Å². The second kappa shape index (κ2) is 6.20. The summed E-state index contributed by atoms with van der Waals surface area (Å²) in [5, 5.41) is 9.04. The van der Waals surface area contributed by atoms with Gasteiger partial charge >= 0.3 is 0 Å². The Labute approximate surface area is 130 Å². The molecule has 4 heteroatoms. The fourth-order valence-electron chi connectivity index (χ4n) is 2.78. The third kappa shape index (κ3) is 2.97. The van der Waals surface area contributed by atoms with Crippen molar-refractivity contribution in [1.29, 1.82) is 0 Å². The van der Waals surface area contributed by atoms with Gasteiger partial charge in [-0.3, -0.25) is 10.0 Å². The average Bonchev–Trinajstić information content (AvgIpc) is 3.41. The second-order valence-electron chi connectivity index (χ2n) is 5.75. The predicted octanol–water partition coefficient (Wildman–Crippen LogP) is 2.92. The molecule has 1 aliphatic carbocycles. The summed E-state index contributed by atoms with van der Waals surface area (Å²) in [7, 11) is 2.10. The van der Waals surface area contributed by atoms with E-state index in [9.17, 15) is 4.79 Å². The highest BCUT2D eigenvalue weighted by molar-refractivity contribution is 5.86. The Hall–Kier alpha value is -2.33. The molecule has 1 unspecified atom stereocenters. The molecule has 1 fully saturated rings. The Kier molecular flexibility index (Phi) is 4.11. The number of amides is 1. The molecule has 2 N–H and O–H groups in total. The van der Waals surface area contributed by atoms with Crippen LogP contribution < -0.4 is 10.4 Å². The smallest absolute Gasteiger partial charge is 0.255 e. The highest BCUT2D eigenvalue weighted by atomic mass is 16.5. The number of rotatable bonds is 5. The summed E-state index contributed by atoms with van der Waals surface area (Å²) < 4.78 is 0. The number of hydroxylamine groups is 1. The first-order chi connectivity index (χ1) is 10.7. The van der Waals surface area contributed by atoms with E-state index in [1.54, 1.807) is 5.48 Å². The van der Waals surface area contributed by atoms with Crippen molar-refractivity contribution in [3.8, 4) is 0 Å². The summed E-state index contributed by atoms with van der Waals surface area (Å²) in [4.78, 5) is 14.3. The van der Waals surface area contributed by atoms with Crippen LogP contribution in [-0.2, 0) is 4.79 Å². The normalized spacial score (nSPS) is 15.2. The molecule has 0 aromatic heterocycles. The van der Waals surface area contributed by atoms with E-state index in [-0.39, 0.29) is 0 Å². The minimum atomic E-state index is -0.508. The van der Waals surface area contributed by atoms with Crippen molar-refractivity contribution in [2.45, 2.75) is 24.8 Å². The van der Waals surface area contributed by atoms with E-state index in [4.69, 9.17) is 5.21 Å². The summed E-state index contributed by atoms with van der Waals surface area (Å²) in [6, 6.07) is 18.1. The van der Waals surface area contributed by atoms with Crippen molar-refractivity contribution < 1.29 is 10.0 Å². The van der Waals surface area contributed by atoms with Crippen LogP contribution in [0, 0.1) is 0 Å². The summed E-state index contributed by atoms with van der Waals surface area (Å²) >= 11 is 0. The van der Waals surface area contributed by atoms with Crippen LogP contribution in [0.5, 0.6) is 0 Å². The first-order valence-electron chi connectivity index (χ1n) is 7.52. The van der Waals surface area contributed by atoms with Gasteiger partial charge in [0, 0.05) is 18.8 Å². The third-order valence-electron chi connectivity index (χ3n) is 4.23. The van der Waals surface area contributed by atoms with E-state index < -0.39 is 11.8 Å². The predicted molar refractivity (Wildman–Crippen MR) is 86.1 cm³/mol. The molecule has 1 saturated carbocycles. The monoisotopic (exact) mass is 296 g/mol. The Morgan fingerprint density at radius 3 is 2.23 bits per heavy atom. The zero-order chi connectivity index (χ0) is 15.5. The highest BCUT2D eigenvalue weighted by Gasteiger charge is 2.27. The molecule has 0 radical (unpaired) electrons. The fourth-order valence-corrected chi connectivity index (χ4v) is 2.78. The van der Waals surface area contributed by atoms with Gasteiger partial charge < -0.3 is 4.90 Å². The number of carbonyl (C=O) groups excluding carboxylic acids is 1. The minimum Gasteiger partial charge on any atom is -0.372 e. The SMILES string of the molecule is CN(c1ccc(C(C(=O)NO)c2ccccc2)cc1)C1CC1. The summed E-state index contributed by atoms with van der Waals surface area (Å²) in [6.45, 7) is 0. The van der Waals surface area contributed by atoms with E-state index in [0.717, 1.165) is 16.8 Å². The standard InChI is InChI=1S/C18H20N2O2/c1-20(16-11-12-16)15-9-7-14(8-10-15)17(18(21)19-22)13-5-3-2-4-6-13/h2-10,16-17,22H,11-12H2,1H3,(H,19,21). The van der Waals surface area contributed by atoms with E-state index in [1.165, 1.54) is 12.8 Å². The lowest BCUT2D eigenvalue weighted by Crippen LogP contribution is -2.27. The molecule has 1 aliphatic rings. The number of nitrogens with one attached hydrogen (secondary N) is 1. The van der Waals surface area contributed by atoms with Gasteiger partial charge in [-0.25, -0.2) is 5.48 Å². The molecule has 0 bridgehead atoms. The number of hydrogen-bond acceptors (Lipinski definition) is 3. The van der Waals surface area contributed by atoms with Gasteiger partial charge in [0.15, 0.2) is 0 Å². The van der Waals surface area contributed by atoms with Crippen LogP contribution in [0.15, 0.2) is 54.6 Å². The molecule has 1 amide bonds. The highest BCUT2D eigenvalue weighted by Crippen LogP contribution is 2.32. The second-order valence-corrected chi connectivity index (χ2v) is 5.75. The molecule has 4 nitrogen and oxygen atoms in total. The summed E-state index contributed by atoms with van der Waals surface area (Å²) in [6.07, 6.45) is 2.50. The van der Waals surface area contributed by atoms with Crippen LogP contribution in [0.1, 0.15) is 29.9 Å². The van der Waals surface area contributed by atoms with Crippen molar-refractivity contribution in [1.82, 2.24) is 5.48 Å². The maximum Gasteiger partial charge on any atom is 0.255 e. The molecule has 2 aromatic rings. The molecule has 22 heavy (non-hydrogen) atoms. The molecule has 0 aliphatic heterocycles. The van der Waals surface area contributed by atoms with Gasteiger partial charge in [0.2, 0.25) is 0 Å². The van der Waals surface area contributed by atoms with Gasteiger partial charge in [0.05, 0.1) is 5.92 Å². The van der Waals surface area contributed by atoms with Gasteiger partial charge in [0.1, 0.15) is 0 Å². The lowest BCUT2D eigenvalue weighted by Gasteiger charge is -2.20. The number of anilines is 1. The Balaban J connectivity index is 1.89. The number of nitrogens with zero attached hydrogens (tertiary/aromatic N) is 1. The molecule has 114 valence electrons. The Morgan fingerprint density at radius 1 is 1.09 bits per heavy atom. The van der Waals surface area contributed by atoms with Gasteiger partial charge in [-0.1, -0.05) is 42.5 Å². The Morgan fingerprint density at radius 2 is 1.68 bits per heavy atom. The van der Waals surface area contributed by atoms with Crippen LogP contribution in [0.25, 0.3) is 0 Å². The molecular weight excluding hydrogens is 276 g/mol. The molecule has 0 saturated heterocycles. The van der Waals surface area contributed by atoms with Crippen molar-refractivity contribution >= 4 is 11.6 Å². The van der Waals surface area contributed by atoms with Crippen LogP contribution in [0.3, 0.4) is 0 Å². The number of hydrogen-bond donors (Lipinski definition) is 2. The maximum atomic E-state index is 12.1. The lowest BCUT2D eigenvalue weighted by molar-refractivity contribution is -0.129. The summed E-state index contributed by atoms with van der Waals surface area (Å²) in [5.41, 5.74) is 4.66. The first kappa shape index (κ1) is 14.6. The van der Waals surface area contributed by atoms with E-state index in [0.29, 0.717) is 6.04 Å². The number of benzene rings is 2. The molecule has 0 spiro atoms. The zero-order valence-corrected chi connectivity index (χ0v) is 12.6. The average molecular weight is 296 g/mol. The van der Waals surface area contributed by atoms with Gasteiger partial charge in [-0.15, -0.1) is 0 Å². The van der Waals surface area contributed by atoms with Gasteiger partial charge in [-0.2, -0.15) is 0 Å². The van der Waals surface area contributed by atoms with E-state index >= 15 is 0 Å². The van der Waals surface area contributed by atoms with Crippen LogP contribution in [0.4, 0.5) is 5.69 Å². The Bertz CT molecular complexity index is 636. The van der Waals surface area contributed by atoms with Crippen LogP contribution >= 0.6 is 0 Å². The van der Waals surface area contributed by atoms with Crippen LogP contribution in [-0.4, -0.2) is 24.2 Å². The van der Waals surface area contributed by atoms with Crippen molar-refractivity contribution in [3.05, 3.63) is 65.7 Å². The molecule has 2 aromatic carbocycles. The maximum absolute atomic E-state index is 12.1.